The summed E-state index contributed by atoms with van der Waals surface area (Å²) < 4.78 is 0.767. The van der Waals surface area contributed by atoms with Crippen molar-refractivity contribution in [2.45, 2.75) is 32.7 Å². The van der Waals surface area contributed by atoms with Gasteiger partial charge in [-0.3, -0.25) is 4.79 Å². The molecule has 1 amide bonds. The van der Waals surface area contributed by atoms with Gasteiger partial charge in [-0.1, -0.05) is 24.6 Å². The van der Waals surface area contributed by atoms with Crippen molar-refractivity contribution in [3.63, 3.8) is 0 Å². The van der Waals surface area contributed by atoms with Gasteiger partial charge in [0, 0.05) is 11.4 Å². The van der Waals surface area contributed by atoms with Crippen molar-refractivity contribution < 1.29 is 4.79 Å². The van der Waals surface area contributed by atoms with Crippen LogP contribution in [-0.2, 0) is 11.3 Å². The van der Waals surface area contributed by atoms with E-state index in [0.29, 0.717) is 13.1 Å². The number of nitrogens with one attached hydrogen (secondary N) is 1. The zero-order valence-corrected chi connectivity index (χ0v) is 14.1. The second-order valence-electron chi connectivity index (χ2n) is 5.56. The second kappa shape index (κ2) is 7.43. The Hall–Kier alpha value is -0.840. The first kappa shape index (κ1) is 16.5. The van der Waals surface area contributed by atoms with E-state index < -0.39 is 0 Å². The molecule has 0 atom stereocenters. The maximum atomic E-state index is 13.1. The number of rotatable bonds is 6. The van der Waals surface area contributed by atoms with E-state index in [1.807, 2.05) is 17.0 Å². The highest BCUT2D eigenvalue weighted by molar-refractivity contribution is 7.16. The first-order valence-electron chi connectivity index (χ1n) is 7.46. The van der Waals surface area contributed by atoms with E-state index in [1.54, 1.807) is 6.08 Å². The van der Waals surface area contributed by atoms with E-state index in [9.17, 15) is 4.79 Å². The van der Waals surface area contributed by atoms with Crippen molar-refractivity contribution >= 4 is 28.8 Å². The van der Waals surface area contributed by atoms with Gasteiger partial charge in [0.2, 0.25) is 5.91 Å². The molecule has 0 aromatic carbocycles. The Morgan fingerprint density at radius 2 is 2.24 bits per heavy atom. The third-order valence-corrected chi connectivity index (χ3v) is 5.52. The summed E-state index contributed by atoms with van der Waals surface area (Å²) in [7, 11) is 0. The van der Waals surface area contributed by atoms with Crippen LogP contribution in [0.2, 0.25) is 4.34 Å². The molecule has 0 bridgehead atoms. The Kier molecular flexibility index (Phi) is 5.85. The summed E-state index contributed by atoms with van der Waals surface area (Å²) in [5.74, 6) is 0.260. The van der Waals surface area contributed by atoms with Crippen molar-refractivity contribution in [3.8, 4) is 0 Å². The quantitative estimate of drug-likeness (QED) is 0.808. The van der Waals surface area contributed by atoms with Crippen molar-refractivity contribution in [2.24, 2.45) is 5.41 Å². The minimum atomic E-state index is -0.213. The van der Waals surface area contributed by atoms with Crippen LogP contribution in [0.5, 0.6) is 0 Å². The normalized spacial score (nSPS) is 17.4. The molecular formula is C16H23ClN2OS. The van der Waals surface area contributed by atoms with E-state index in [2.05, 4.69) is 18.8 Å². The zero-order valence-electron chi connectivity index (χ0n) is 12.5. The first-order valence-corrected chi connectivity index (χ1v) is 8.66. The van der Waals surface area contributed by atoms with E-state index in [-0.39, 0.29) is 11.3 Å². The predicted molar refractivity (Wildman–Crippen MR) is 89.8 cm³/mol. The lowest BCUT2D eigenvalue weighted by Gasteiger charge is -2.39. The number of halogens is 1. The summed E-state index contributed by atoms with van der Waals surface area (Å²) in [6.07, 6.45) is 4.53. The summed E-state index contributed by atoms with van der Waals surface area (Å²) in [4.78, 5) is 16.1. The number of thiophene rings is 1. The highest BCUT2D eigenvalue weighted by Gasteiger charge is 2.40. The third-order valence-electron chi connectivity index (χ3n) is 4.30. The van der Waals surface area contributed by atoms with Gasteiger partial charge < -0.3 is 10.2 Å². The lowest BCUT2D eigenvalue weighted by molar-refractivity contribution is -0.144. The van der Waals surface area contributed by atoms with Crippen molar-refractivity contribution in [1.29, 1.82) is 0 Å². The Morgan fingerprint density at radius 1 is 1.52 bits per heavy atom. The zero-order chi connectivity index (χ0) is 15.3. The highest BCUT2D eigenvalue weighted by Crippen LogP contribution is 2.35. The molecular weight excluding hydrogens is 304 g/mol. The van der Waals surface area contributed by atoms with Gasteiger partial charge in [-0.25, -0.2) is 0 Å². The minimum Gasteiger partial charge on any atom is -0.333 e. The summed E-state index contributed by atoms with van der Waals surface area (Å²) in [5.41, 5.74) is -0.213. The predicted octanol–water partition coefficient (Wildman–Crippen LogP) is 3.70. The molecule has 1 aliphatic heterocycles. The van der Waals surface area contributed by atoms with E-state index in [0.717, 1.165) is 41.6 Å². The van der Waals surface area contributed by atoms with Gasteiger partial charge in [-0.2, -0.15) is 0 Å². The molecule has 0 aliphatic carbocycles. The number of carbonyl (C=O) groups is 1. The van der Waals surface area contributed by atoms with E-state index in [1.165, 1.54) is 11.3 Å². The molecule has 1 N–H and O–H groups in total. The fourth-order valence-corrected chi connectivity index (χ4v) is 4.06. The van der Waals surface area contributed by atoms with Gasteiger partial charge in [-0.15, -0.1) is 17.9 Å². The molecule has 2 heterocycles. The topological polar surface area (TPSA) is 32.3 Å². The molecule has 2 rings (SSSR count). The number of carbonyl (C=O) groups excluding carboxylic acids is 1. The van der Waals surface area contributed by atoms with Gasteiger partial charge in [0.05, 0.1) is 16.3 Å². The Balaban J connectivity index is 2.15. The number of hydrogen-bond donors (Lipinski definition) is 1. The van der Waals surface area contributed by atoms with Gasteiger partial charge >= 0.3 is 0 Å². The number of piperidine rings is 1. The van der Waals surface area contributed by atoms with Crippen molar-refractivity contribution in [3.05, 3.63) is 34.0 Å². The van der Waals surface area contributed by atoms with Crippen LogP contribution < -0.4 is 5.32 Å². The average Bonchev–Trinajstić information content (AvgIpc) is 2.92. The molecule has 0 radical (unpaired) electrons. The Labute approximate surface area is 136 Å². The molecule has 0 saturated carbocycles. The molecule has 1 fully saturated rings. The number of nitrogens with zero attached hydrogens (tertiary/aromatic N) is 1. The lowest BCUT2D eigenvalue weighted by atomic mass is 9.75. The average molecular weight is 327 g/mol. The van der Waals surface area contributed by atoms with Gasteiger partial charge in [0.1, 0.15) is 0 Å². The molecule has 1 aliphatic rings. The molecule has 3 nitrogen and oxygen atoms in total. The minimum absolute atomic E-state index is 0.213. The summed E-state index contributed by atoms with van der Waals surface area (Å²) in [6.45, 7) is 8.97. The maximum absolute atomic E-state index is 13.1. The van der Waals surface area contributed by atoms with Crippen LogP contribution in [0.4, 0.5) is 0 Å². The monoisotopic (exact) mass is 326 g/mol. The van der Waals surface area contributed by atoms with Crippen LogP contribution in [0, 0.1) is 5.41 Å². The molecule has 1 saturated heterocycles. The van der Waals surface area contributed by atoms with Crippen LogP contribution >= 0.6 is 22.9 Å². The fraction of sp³-hybridized carbons (Fsp3) is 0.562. The summed E-state index contributed by atoms with van der Waals surface area (Å²) >= 11 is 7.53. The first-order chi connectivity index (χ1) is 10.1. The number of hydrogen-bond acceptors (Lipinski definition) is 3. The molecule has 1 aromatic heterocycles. The van der Waals surface area contributed by atoms with Crippen LogP contribution in [0.3, 0.4) is 0 Å². The van der Waals surface area contributed by atoms with E-state index in [4.69, 9.17) is 11.6 Å². The fourth-order valence-electron chi connectivity index (χ4n) is 2.96. The van der Waals surface area contributed by atoms with Gasteiger partial charge in [0.15, 0.2) is 0 Å². The van der Waals surface area contributed by atoms with E-state index >= 15 is 0 Å². The standard InChI is InChI=1S/C16H23ClN2OS/c1-3-11-19(12-13-5-6-14(17)21-13)15(20)16(4-2)7-9-18-10-8-16/h3,5-6,18H,1,4,7-12H2,2H3. The largest absolute Gasteiger partial charge is 0.333 e. The summed E-state index contributed by atoms with van der Waals surface area (Å²) in [6, 6.07) is 3.88. The lowest BCUT2D eigenvalue weighted by Crippen LogP contribution is -2.48. The molecule has 116 valence electrons. The van der Waals surface area contributed by atoms with Gasteiger partial charge in [0.25, 0.3) is 0 Å². The van der Waals surface area contributed by atoms with Crippen LogP contribution in [0.1, 0.15) is 31.1 Å². The SMILES string of the molecule is C=CCN(Cc1ccc(Cl)s1)C(=O)C1(CC)CCNCC1. The second-order valence-corrected chi connectivity index (χ2v) is 7.36. The highest BCUT2D eigenvalue weighted by atomic mass is 35.5. The molecule has 0 unspecified atom stereocenters. The van der Waals surface area contributed by atoms with Crippen LogP contribution in [0.15, 0.2) is 24.8 Å². The molecule has 21 heavy (non-hydrogen) atoms. The molecule has 5 heteroatoms. The molecule has 1 aromatic rings. The van der Waals surface area contributed by atoms with Crippen LogP contribution in [-0.4, -0.2) is 30.4 Å². The van der Waals surface area contributed by atoms with Crippen molar-refractivity contribution in [2.75, 3.05) is 19.6 Å². The van der Waals surface area contributed by atoms with Gasteiger partial charge in [-0.05, 0) is 44.5 Å². The molecule has 0 spiro atoms. The Bertz CT molecular complexity index is 494. The maximum Gasteiger partial charge on any atom is 0.229 e. The number of amides is 1. The smallest absolute Gasteiger partial charge is 0.229 e. The summed E-state index contributed by atoms with van der Waals surface area (Å²) in [5, 5.41) is 3.35. The Morgan fingerprint density at radius 3 is 2.76 bits per heavy atom. The third kappa shape index (κ3) is 3.87. The van der Waals surface area contributed by atoms with Crippen molar-refractivity contribution in [1.82, 2.24) is 10.2 Å². The van der Waals surface area contributed by atoms with Crippen LogP contribution in [0.25, 0.3) is 0 Å².